The largest absolute Gasteiger partial charge is 0.434 e. The Morgan fingerprint density at radius 2 is 2.00 bits per heavy atom. The van der Waals surface area contributed by atoms with Gasteiger partial charge in [0.1, 0.15) is 0 Å². The van der Waals surface area contributed by atoms with Crippen molar-refractivity contribution >= 4 is 15.9 Å². The lowest BCUT2D eigenvalue weighted by atomic mass is 10.1. The molecule has 92 valence electrons. The van der Waals surface area contributed by atoms with Gasteiger partial charge in [-0.2, -0.15) is 18.4 Å². The summed E-state index contributed by atoms with van der Waals surface area (Å²) in [4.78, 5) is 3.08. The highest BCUT2D eigenvalue weighted by molar-refractivity contribution is 9.10. The Labute approximate surface area is 101 Å². The SMILES string of the molecule is N#CCc1nc(C(F)(F)F)c(Br)cc1C(F)F. The molecular formula is C9H4BrF5N2. The first-order valence-corrected chi connectivity index (χ1v) is 4.98. The molecule has 0 saturated heterocycles. The summed E-state index contributed by atoms with van der Waals surface area (Å²) < 4.78 is 61.8. The molecule has 0 saturated carbocycles. The van der Waals surface area contributed by atoms with E-state index >= 15 is 0 Å². The van der Waals surface area contributed by atoms with E-state index in [1.165, 1.54) is 6.07 Å². The second-order valence-electron chi connectivity index (χ2n) is 2.99. The number of rotatable bonds is 2. The molecule has 2 nitrogen and oxygen atoms in total. The Morgan fingerprint density at radius 3 is 2.41 bits per heavy atom. The van der Waals surface area contributed by atoms with Gasteiger partial charge in [0.25, 0.3) is 6.43 Å². The molecule has 0 aromatic carbocycles. The first kappa shape index (κ1) is 13.8. The molecule has 0 aliphatic carbocycles. The van der Waals surface area contributed by atoms with Crippen molar-refractivity contribution in [2.45, 2.75) is 19.0 Å². The molecular weight excluding hydrogens is 311 g/mol. The maximum absolute atomic E-state index is 12.5. The van der Waals surface area contributed by atoms with Gasteiger partial charge in [0.15, 0.2) is 5.69 Å². The van der Waals surface area contributed by atoms with E-state index in [2.05, 4.69) is 20.9 Å². The maximum atomic E-state index is 12.5. The number of hydrogen-bond donors (Lipinski definition) is 0. The van der Waals surface area contributed by atoms with Crippen LogP contribution < -0.4 is 0 Å². The summed E-state index contributed by atoms with van der Waals surface area (Å²) >= 11 is 2.54. The van der Waals surface area contributed by atoms with Crippen LogP contribution in [0.4, 0.5) is 22.0 Å². The molecule has 8 heteroatoms. The highest BCUT2D eigenvalue weighted by atomic mass is 79.9. The van der Waals surface area contributed by atoms with E-state index < -0.39 is 40.4 Å². The lowest BCUT2D eigenvalue weighted by Crippen LogP contribution is -2.12. The molecule has 0 aliphatic rings. The summed E-state index contributed by atoms with van der Waals surface area (Å²) in [5, 5.41) is 8.36. The Hall–Kier alpha value is -1.23. The summed E-state index contributed by atoms with van der Waals surface area (Å²) in [6, 6.07) is 2.14. The smallest absolute Gasteiger partial charge is 0.246 e. The molecule has 0 radical (unpaired) electrons. The van der Waals surface area contributed by atoms with E-state index in [9.17, 15) is 22.0 Å². The third-order valence-corrected chi connectivity index (χ3v) is 2.44. The fourth-order valence-electron chi connectivity index (χ4n) is 1.15. The first-order chi connectivity index (χ1) is 7.77. The Balaban J connectivity index is 3.41. The van der Waals surface area contributed by atoms with Crippen LogP contribution in [0, 0.1) is 11.3 Å². The second kappa shape index (κ2) is 4.96. The van der Waals surface area contributed by atoms with Crippen LogP contribution in [-0.4, -0.2) is 4.98 Å². The summed E-state index contributed by atoms with van der Waals surface area (Å²) in [6.07, 6.45) is -8.34. The zero-order valence-electron chi connectivity index (χ0n) is 8.02. The third-order valence-electron chi connectivity index (χ3n) is 1.84. The van der Waals surface area contributed by atoms with Crippen LogP contribution in [0.3, 0.4) is 0 Å². The summed E-state index contributed by atoms with van der Waals surface area (Å²) in [5.74, 6) is 0. The van der Waals surface area contributed by atoms with Gasteiger partial charge in [-0.1, -0.05) is 0 Å². The Kier molecular flexibility index (Phi) is 4.03. The van der Waals surface area contributed by atoms with Gasteiger partial charge in [0, 0.05) is 10.0 Å². The molecule has 0 amide bonds. The van der Waals surface area contributed by atoms with Gasteiger partial charge < -0.3 is 0 Å². The zero-order chi connectivity index (χ0) is 13.2. The summed E-state index contributed by atoms with van der Waals surface area (Å²) in [7, 11) is 0. The maximum Gasteiger partial charge on any atom is 0.434 e. The quantitative estimate of drug-likeness (QED) is 0.777. The van der Waals surface area contributed by atoms with Gasteiger partial charge in [-0.25, -0.2) is 13.8 Å². The van der Waals surface area contributed by atoms with Crippen LogP contribution in [0.5, 0.6) is 0 Å². The topological polar surface area (TPSA) is 36.7 Å². The fourth-order valence-corrected chi connectivity index (χ4v) is 1.71. The van der Waals surface area contributed by atoms with Crippen LogP contribution in [0.2, 0.25) is 0 Å². The van der Waals surface area contributed by atoms with Crippen molar-refractivity contribution in [3.8, 4) is 6.07 Å². The lowest BCUT2D eigenvalue weighted by Gasteiger charge is -2.12. The standard InChI is InChI=1S/C9H4BrF5N2/c10-5-3-4(8(11)12)6(1-2-16)17-7(5)9(13,14)15/h3,8H,1H2. The number of aromatic nitrogens is 1. The minimum absolute atomic E-state index is 0.557. The van der Waals surface area contributed by atoms with E-state index in [1.54, 1.807) is 0 Å². The molecule has 1 rings (SSSR count). The van der Waals surface area contributed by atoms with Crippen LogP contribution in [0.1, 0.15) is 23.4 Å². The third kappa shape index (κ3) is 3.12. The van der Waals surface area contributed by atoms with Crippen LogP contribution in [-0.2, 0) is 12.6 Å². The molecule has 0 unspecified atom stereocenters. The number of alkyl halides is 5. The predicted molar refractivity (Wildman–Crippen MR) is 51.2 cm³/mol. The second-order valence-corrected chi connectivity index (χ2v) is 3.84. The molecule has 1 aromatic rings. The van der Waals surface area contributed by atoms with Crippen molar-refractivity contribution in [3.05, 3.63) is 27.5 Å². The summed E-state index contributed by atoms with van der Waals surface area (Å²) in [5.41, 5.74) is -2.54. The molecule has 17 heavy (non-hydrogen) atoms. The Morgan fingerprint density at radius 1 is 1.41 bits per heavy atom. The number of nitrogens with zero attached hydrogens (tertiary/aromatic N) is 2. The molecule has 0 aliphatic heterocycles. The molecule has 0 fully saturated rings. The summed E-state index contributed by atoms with van der Waals surface area (Å²) in [6.45, 7) is 0. The van der Waals surface area contributed by atoms with Gasteiger partial charge in [-0.05, 0) is 22.0 Å². The highest BCUT2D eigenvalue weighted by Crippen LogP contribution is 2.36. The van der Waals surface area contributed by atoms with Gasteiger partial charge in [0.2, 0.25) is 0 Å². The van der Waals surface area contributed by atoms with E-state index in [1.807, 2.05) is 0 Å². The molecule has 1 heterocycles. The lowest BCUT2D eigenvalue weighted by molar-refractivity contribution is -0.142. The van der Waals surface area contributed by atoms with E-state index in [0.717, 1.165) is 0 Å². The van der Waals surface area contributed by atoms with Gasteiger partial charge in [-0.3, -0.25) is 0 Å². The highest BCUT2D eigenvalue weighted by Gasteiger charge is 2.36. The van der Waals surface area contributed by atoms with Gasteiger partial charge in [0.05, 0.1) is 18.2 Å². The molecule has 0 bridgehead atoms. The van der Waals surface area contributed by atoms with Crippen molar-refractivity contribution in [1.29, 1.82) is 5.26 Å². The predicted octanol–water partition coefficient (Wildman–Crippen LogP) is 3.87. The van der Waals surface area contributed by atoms with Crippen molar-refractivity contribution in [2.75, 3.05) is 0 Å². The minimum atomic E-state index is -4.76. The van der Waals surface area contributed by atoms with E-state index in [0.29, 0.717) is 6.07 Å². The van der Waals surface area contributed by atoms with Crippen LogP contribution in [0.15, 0.2) is 10.5 Å². The number of nitriles is 1. The fraction of sp³-hybridized carbons (Fsp3) is 0.333. The average molecular weight is 315 g/mol. The van der Waals surface area contributed by atoms with Crippen LogP contribution >= 0.6 is 15.9 Å². The number of hydrogen-bond acceptors (Lipinski definition) is 2. The molecule has 0 spiro atoms. The van der Waals surface area contributed by atoms with Crippen molar-refractivity contribution < 1.29 is 22.0 Å². The van der Waals surface area contributed by atoms with Crippen LogP contribution in [0.25, 0.3) is 0 Å². The minimum Gasteiger partial charge on any atom is -0.246 e. The molecule has 0 atom stereocenters. The van der Waals surface area contributed by atoms with Gasteiger partial charge >= 0.3 is 6.18 Å². The number of halogens is 6. The van der Waals surface area contributed by atoms with Gasteiger partial charge in [-0.15, -0.1) is 0 Å². The molecule has 1 aromatic heterocycles. The van der Waals surface area contributed by atoms with Crippen molar-refractivity contribution in [1.82, 2.24) is 4.98 Å². The first-order valence-electron chi connectivity index (χ1n) is 4.19. The van der Waals surface area contributed by atoms with E-state index in [4.69, 9.17) is 5.26 Å². The Bertz CT molecular complexity index is 464. The van der Waals surface area contributed by atoms with Crippen molar-refractivity contribution in [2.24, 2.45) is 0 Å². The number of pyridine rings is 1. The normalized spacial score (nSPS) is 11.6. The monoisotopic (exact) mass is 314 g/mol. The van der Waals surface area contributed by atoms with E-state index in [-0.39, 0.29) is 0 Å². The zero-order valence-corrected chi connectivity index (χ0v) is 9.61. The average Bonchev–Trinajstić information content (AvgIpc) is 2.18. The van der Waals surface area contributed by atoms with Crippen molar-refractivity contribution in [3.63, 3.8) is 0 Å². The molecule has 0 N–H and O–H groups in total.